The van der Waals surface area contributed by atoms with Crippen molar-refractivity contribution in [2.75, 3.05) is 0 Å². The van der Waals surface area contributed by atoms with Gasteiger partial charge < -0.3 is 4.42 Å². The third-order valence-corrected chi connectivity index (χ3v) is 9.08. The van der Waals surface area contributed by atoms with Crippen molar-refractivity contribution in [3.8, 4) is 22.5 Å². The largest absolute Gasteiger partial charge is 0.453 e. The molecule has 0 bridgehead atoms. The van der Waals surface area contributed by atoms with Crippen molar-refractivity contribution < 1.29 is 8.63 Å². The molecule has 1 saturated carbocycles. The minimum absolute atomic E-state index is 0.118. The third-order valence-electron chi connectivity index (χ3n) is 7.39. The van der Waals surface area contributed by atoms with Crippen LogP contribution in [0.4, 0.5) is 0 Å². The van der Waals surface area contributed by atoms with E-state index in [4.69, 9.17) is 9.40 Å². The van der Waals surface area contributed by atoms with E-state index in [1.807, 2.05) is 76.3 Å². The third kappa shape index (κ3) is 3.99. The van der Waals surface area contributed by atoms with Crippen molar-refractivity contribution in [2.24, 2.45) is 7.05 Å². The van der Waals surface area contributed by atoms with E-state index in [0.717, 1.165) is 41.4 Å². The molecule has 8 heteroatoms. The molecule has 6 rings (SSSR count). The summed E-state index contributed by atoms with van der Waals surface area (Å²) in [4.78, 5) is 18.8. The van der Waals surface area contributed by atoms with Gasteiger partial charge >= 0.3 is 0 Å². The van der Waals surface area contributed by atoms with Gasteiger partial charge in [-0.15, -0.1) is 0 Å². The molecule has 1 atom stereocenters. The zero-order valence-corrected chi connectivity index (χ0v) is 22.8. The number of aromatic nitrogens is 3. The SMILES string of the molecule is Cn1ncc2ccc3c(=O)c(-c4ccc(C5(NS(=O)C(C)(C)C)CCC5)nc4)c(-c4ccccc4)oc3c21. The van der Waals surface area contributed by atoms with Crippen molar-refractivity contribution in [3.63, 3.8) is 0 Å². The molecule has 1 aliphatic rings. The Bertz CT molecular complexity index is 1740. The average molecular weight is 527 g/mol. The van der Waals surface area contributed by atoms with Crippen molar-refractivity contribution in [1.29, 1.82) is 0 Å². The topological polar surface area (TPSA) is 90.0 Å². The Balaban J connectivity index is 1.51. The Hall–Kier alpha value is -3.62. The molecule has 0 aliphatic heterocycles. The van der Waals surface area contributed by atoms with Crippen LogP contribution in [-0.4, -0.2) is 23.7 Å². The Morgan fingerprint density at radius 1 is 1.00 bits per heavy atom. The summed E-state index contributed by atoms with van der Waals surface area (Å²) in [6.07, 6.45) is 6.30. The van der Waals surface area contributed by atoms with Gasteiger partial charge in [-0.1, -0.05) is 42.5 Å². The van der Waals surface area contributed by atoms with Crippen LogP contribution >= 0.6 is 0 Å². The van der Waals surface area contributed by atoms with Crippen LogP contribution in [0.2, 0.25) is 0 Å². The minimum Gasteiger partial charge on any atom is -0.453 e. The monoisotopic (exact) mass is 526 g/mol. The predicted molar refractivity (Wildman–Crippen MR) is 152 cm³/mol. The molecule has 0 radical (unpaired) electrons. The maximum Gasteiger partial charge on any atom is 0.201 e. The van der Waals surface area contributed by atoms with Gasteiger partial charge in [0.15, 0.2) is 5.58 Å². The molecule has 2 aromatic carbocycles. The van der Waals surface area contributed by atoms with Crippen molar-refractivity contribution >= 4 is 32.9 Å². The zero-order chi connectivity index (χ0) is 26.7. The highest BCUT2D eigenvalue weighted by Gasteiger charge is 2.43. The van der Waals surface area contributed by atoms with Crippen LogP contribution in [0.1, 0.15) is 45.7 Å². The normalized spacial score (nSPS) is 16.0. The van der Waals surface area contributed by atoms with Gasteiger partial charge in [-0.3, -0.25) is 14.5 Å². The number of hydrogen-bond donors (Lipinski definition) is 1. The zero-order valence-electron chi connectivity index (χ0n) is 21.9. The van der Waals surface area contributed by atoms with E-state index in [9.17, 15) is 9.00 Å². The molecule has 1 N–H and O–H groups in total. The smallest absolute Gasteiger partial charge is 0.201 e. The van der Waals surface area contributed by atoms with Gasteiger partial charge in [0.2, 0.25) is 5.43 Å². The van der Waals surface area contributed by atoms with Crippen LogP contribution < -0.4 is 10.2 Å². The van der Waals surface area contributed by atoms with E-state index in [-0.39, 0.29) is 10.2 Å². The second-order valence-electron chi connectivity index (χ2n) is 11.0. The first-order chi connectivity index (χ1) is 18.2. The first-order valence-corrected chi connectivity index (χ1v) is 14.0. The Labute approximate surface area is 223 Å². The number of nitrogens with one attached hydrogen (secondary N) is 1. The highest BCUT2D eigenvalue weighted by Crippen LogP contribution is 2.42. The van der Waals surface area contributed by atoms with Crippen LogP contribution in [0.15, 0.2) is 76.2 Å². The molecule has 7 nitrogen and oxygen atoms in total. The number of benzene rings is 2. The molecule has 194 valence electrons. The maximum absolute atomic E-state index is 14.0. The summed E-state index contributed by atoms with van der Waals surface area (Å²) in [5.41, 5.74) is 3.56. The predicted octanol–water partition coefficient (Wildman–Crippen LogP) is 5.84. The number of nitrogens with zero attached hydrogens (tertiary/aromatic N) is 3. The first-order valence-electron chi connectivity index (χ1n) is 12.8. The van der Waals surface area contributed by atoms with Crippen LogP contribution in [0, 0.1) is 0 Å². The lowest BCUT2D eigenvalue weighted by atomic mass is 9.75. The second kappa shape index (κ2) is 8.99. The number of aryl methyl sites for hydroxylation is 1. The van der Waals surface area contributed by atoms with E-state index >= 15 is 0 Å². The molecule has 5 aromatic rings. The summed E-state index contributed by atoms with van der Waals surface area (Å²) in [6, 6.07) is 17.2. The van der Waals surface area contributed by atoms with Crippen LogP contribution in [0.3, 0.4) is 0 Å². The summed E-state index contributed by atoms with van der Waals surface area (Å²) in [7, 11) is 0.627. The van der Waals surface area contributed by atoms with E-state index in [1.54, 1.807) is 23.1 Å². The Morgan fingerprint density at radius 3 is 2.39 bits per heavy atom. The average Bonchev–Trinajstić information content (AvgIpc) is 3.27. The van der Waals surface area contributed by atoms with Crippen LogP contribution in [0.5, 0.6) is 0 Å². The van der Waals surface area contributed by atoms with Crippen molar-refractivity contribution in [3.05, 3.63) is 82.9 Å². The van der Waals surface area contributed by atoms with E-state index < -0.39 is 16.5 Å². The summed E-state index contributed by atoms with van der Waals surface area (Å²) in [6.45, 7) is 5.88. The summed E-state index contributed by atoms with van der Waals surface area (Å²) in [5, 5.41) is 5.76. The number of rotatable bonds is 5. The molecular weight excluding hydrogens is 496 g/mol. The molecule has 0 saturated heterocycles. The van der Waals surface area contributed by atoms with Gasteiger partial charge in [-0.25, -0.2) is 8.93 Å². The van der Waals surface area contributed by atoms with Gasteiger partial charge in [0, 0.05) is 29.8 Å². The lowest BCUT2D eigenvalue weighted by Crippen LogP contribution is -2.52. The highest BCUT2D eigenvalue weighted by molar-refractivity contribution is 7.84. The van der Waals surface area contributed by atoms with Gasteiger partial charge in [0.1, 0.15) is 11.3 Å². The molecule has 1 aliphatic carbocycles. The molecule has 1 unspecified atom stereocenters. The lowest BCUT2D eigenvalue weighted by molar-refractivity contribution is 0.220. The van der Waals surface area contributed by atoms with Gasteiger partial charge in [-0.05, 0) is 52.2 Å². The highest BCUT2D eigenvalue weighted by atomic mass is 32.2. The van der Waals surface area contributed by atoms with Crippen molar-refractivity contribution in [2.45, 2.75) is 50.3 Å². The number of hydrogen-bond acceptors (Lipinski definition) is 5. The van der Waals surface area contributed by atoms with Crippen LogP contribution in [-0.2, 0) is 23.6 Å². The summed E-state index contributed by atoms with van der Waals surface area (Å²) >= 11 is 0. The molecule has 0 amide bonds. The van der Waals surface area contributed by atoms with E-state index in [1.165, 1.54) is 0 Å². The molecule has 3 aromatic heterocycles. The molecule has 1 fully saturated rings. The molecular formula is C30H30N4O3S. The summed E-state index contributed by atoms with van der Waals surface area (Å²) < 4.78 is 24.2. The van der Waals surface area contributed by atoms with Crippen molar-refractivity contribution in [1.82, 2.24) is 19.5 Å². The first kappa shape index (κ1) is 24.7. The van der Waals surface area contributed by atoms with Crippen LogP contribution in [0.25, 0.3) is 44.3 Å². The van der Waals surface area contributed by atoms with Gasteiger partial charge in [-0.2, -0.15) is 5.10 Å². The van der Waals surface area contributed by atoms with Gasteiger partial charge in [0.05, 0.1) is 44.1 Å². The maximum atomic E-state index is 14.0. The standard InChI is InChI=1S/C30H30N4O3S/c1-29(2,3)38(36)33-30(15-8-16-30)23-14-12-20(17-31-23)24-26(35)22-13-11-21-18-32-34(4)25(21)28(22)37-27(24)19-9-6-5-7-10-19/h5-7,9-14,17-18,33H,8,15-16H2,1-4H3. The fourth-order valence-electron chi connectivity index (χ4n) is 5.06. The van der Waals surface area contributed by atoms with E-state index in [2.05, 4.69) is 9.82 Å². The second-order valence-corrected chi connectivity index (χ2v) is 13.0. The molecule has 38 heavy (non-hydrogen) atoms. The fourth-order valence-corrected chi connectivity index (χ4v) is 6.02. The minimum atomic E-state index is -1.22. The molecule has 3 heterocycles. The quantitative estimate of drug-likeness (QED) is 0.311. The number of fused-ring (bicyclic) bond motifs is 3. The molecule has 0 spiro atoms. The van der Waals surface area contributed by atoms with Gasteiger partial charge in [0.25, 0.3) is 0 Å². The fraction of sp³-hybridized carbons (Fsp3) is 0.300. The Kier molecular flexibility index (Phi) is 5.85. The van der Waals surface area contributed by atoms with E-state index in [0.29, 0.717) is 27.9 Å². The lowest BCUT2D eigenvalue weighted by Gasteiger charge is -2.43. The summed E-state index contributed by atoms with van der Waals surface area (Å²) in [5.74, 6) is 0.497. The number of pyridine rings is 1. The Morgan fingerprint density at radius 2 is 1.76 bits per heavy atom.